The van der Waals surface area contributed by atoms with E-state index in [2.05, 4.69) is 5.18 Å². The van der Waals surface area contributed by atoms with Crippen LogP contribution in [-0.2, 0) is 4.74 Å². The smallest absolute Gasteiger partial charge is 0.107 e. The Kier molecular flexibility index (Phi) is 7.36. The Balaban J connectivity index is 0.000000461. The van der Waals surface area contributed by atoms with Crippen LogP contribution in [0.2, 0.25) is 0 Å². The van der Waals surface area contributed by atoms with Crippen LogP contribution in [0.5, 0.6) is 0 Å². The van der Waals surface area contributed by atoms with Crippen molar-refractivity contribution in [1.82, 2.24) is 0 Å². The van der Waals surface area contributed by atoms with E-state index in [1.807, 2.05) is 13.8 Å². The first kappa shape index (κ1) is 10.6. The molecule has 3 heteroatoms. The van der Waals surface area contributed by atoms with Crippen LogP contribution in [0.25, 0.3) is 0 Å². The van der Waals surface area contributed by atoms with Gasteiger partial charge in [-0.05, 0) is 19.3 Å². The van der Waals surface area contributed by atoms with Crippen LogP contribution in [0.3, 0.4) is 0 Å². The van der Waals surface area contributed by atoms with Crippen molar-refractivity contribution in [2.45, 2.75) is 39.2 Å². The molecule has 0 radical (unpaired) electrons. The van der Waals surface area contributed by atoms with Gasteiger partial charge in [-0.15, -0.1) is 0 Å². The predicted octanol–water partition coefficient (Wildman–Crippen LogP) is 2.35. The molecule has 0 saturated carbocycles. The minimum Gasteiger partial charge on any atom is -0.376 e. The Bertz CT molecular complexity index is 90.1. The minimum atomic E-state index is 0.122. The second-order valence-corrected chi connectivity index (χ2v) is 2.30. The summed E-state index contributed by atoms with van der Waals surface area (Å²) in [4.78, 5) is 9.74. The first-order chi connectivity index (χ1) is 5.43. The maximum atomic E-state index is 9.74. The van der Waals surface area contributed by atoms with Gasteiger partial charge in [0.25, 0.3) is 0 Å². The highest BCUT2D eigenvalue weighted by Gasteiger charge is 2.12. The zero-order chi connectivity index (χ0) is 8.53. The second-order valence-electron chi connectivity index (χ2n) is 2.30. The van der Waals surface area contributed by atoms with E-state index >= 15 is 0 Å². The zero-order valence-corrected chi connectivity index (χ0v) is 7.38. The third-order valence-electron chi connectivity index (χ3n) is 1.55. The van der Waals surface area contributed by atoms with Crippen LogP contribution in [0.1, 0.15) is 33.1 Å². The van der Waals surface area contributed by atoms with Crippen LogP contribution in [0, 0.1) is 4.91 Å². The zero-order valence-electron chi connectivity index (χ0n) is 7.38. The fraction of sp³-hybridized carbons (Fsp3) is 1.00. The van der Waals surface area contributed by atoms with E-state index in [1.54, 1.807) is 0 Å². The van der Waals surface area contributed by atoms with E-state index in [0.717, 1.165) is 19.4 Å². The lowest BCUT2D eigenvalue weighted by Crippen LogP contribution is -2.21. The standard InChI is InChI=1S/C6H11NO2.C2H6/c8-7-5-6-3-1-2-4-9-6;1-2/h6H,1-5H2;1-2H3. The van der Waals surface area contributed by atoms with Gasteiger partial charge in [-0.2, -0.15) is 4.91 Å². The molecule has 1 unspecified atom stereocenters. The summed E-state index contributed by atoms with van der Waals surface area (Å²) in [5, 5.41) is 2.78. The van der Waals surface area contributed by atoms with Crippen molar-refractivity contribution in [3.63, 3.8) is 0 Å². The highest BCUT2D eigenvalue weighted by Crippen LogP contribution is 2.12. The minimum absolute atomic E-state index is 0.122. The summed E-state index contributed by atoms with van der Waals surface area (Å²) in [5.41, 5.74) is 0. The molecule has 0 spiro atoms. The summed E-state index contributed by atoms with van der Waals surface area (Å²) >= 11 is 0. The van der Waals surface area contributed by atoms with E-state index in [9.17, 15) is 4.91 Å². The highest BCUT2D eigenvalue weighted by molar-refractivity contribution is 4.64. The van der Waals surface area contributed by atoms with Crippen molar-refractivity contribution in [1.29, 1.82) is 0 Å². The number of hydrogen-bond acceptors (Lipinski definition) is 3. The molecule has 0 aromatic heterocycles. The molecule has 0 aliphatic carbocycles. The van der Waals surface area contributed by atoms with Gasteiger partial charge in [0.1, 0.15) is 6.54 Å². The molecule has 1 fully saturated rings. The van der Waals surface area contributed by atoms with Gasteiger partial charge in [-0.3, -0.25) is 0 Å². The normalized spacial score (nSPS) is 23.3. The number of rotatable bonds is 2. The lowest BCUT2D eigenvalue weighted by molar-refractivity contribution is 0.0223. The molecular formula is C8H17NO2. The molecule has 1 heterocycles. The van der Waals surface area contributed by atoms with Gasteiger partial charge in [0, 0.05) is 6.61 Å². The van der Waals surface area contributed by atoms with Crippen molar-refractivity contribution < 1.29 is 4.74 Å². The van der Waals surface area contributed by atoms with E-state index in [-0.39, 0.29) is 6.10 Å². The van der Waals surface area contributed by atoms with Gasteiger partial charge >= 0.3 is 0 Å². The molecule has 0 N–H and O–H groups in total. The topological polar surface area (TPSA) is 38.7 Å². The fourth-order valence-electron chi connectivity index (χ4n) is 1.03. The first-order valence-corrected chi connectivity index (χ1v) is 4.34. The molecule has 66 valence electrons. The summed E-state index contributed by atoms with van der Waals surface area (Å²) in [6.07, 6.45) is 3.44. The molecule has 0 aromatic carbocycles. The summed E-state index contributed by atoms with van der Waals surface area (Å²) in [6.45, 7) is 5.14. The van der Waals surface area contributed by atoms with E-state index in [4.69, 9.17) is 4.74 Å². The van der Waals surface area contributed by atoms with Crippen LogP contribution in [0.15, 0.2) is 5.18 Å². The lowest BCUT2D eigenvalue weighted by Gasteiger charge is -2.19. The molecule has 0 aromatic rings. The molecule has 11 heavy (non-hydrogen) atoms. The molecule has 1 aliphatic rings. The first-order valence-electron chi connectivity index (χ1n) is 4.34. The van der Waals surface area contributed by atoms with Gasteiger partial charge in [0.2, 0.25) is 0 Å². The summed E-state index contributed by atoms with van der Waals surface area (Å²) in [7, 11) is 0. The molecular weight excluding hydrogens is 142 g/mol. The largest absolute Gasteiger partial charge is 0.376 e. The van der Waals surface area contributed by atoms with Crippen LogP contribution in [0.4, 0.5) is 0 Å². The Morgan fingerprint density at radius 1 is 1.45 bits per heavy atom. The van der Waals surface area contributed by atoms with Gasteiger partial charge in [-0.1, -0.05) is 19.0 Å². The fourth-order valence-corrected chi connectivity index (χ4v) is 1.03. The summed E-state index contributed by atoms with van der Waals surface area (Å²) in [5.74, 6) is 0. The molecule has 1 rings (SSSR count). The second kappa shape index (κ2) is 7.66. The third-order valence-corrected chi connectivity index (χ3v) is 1.55. The Morgan fingerprint density at radius 3 is 2.64 bits per heavy atom. The highest BCUT2D eigenvalue weighted by atomic mass is 16.5. The van der Waals surface area contributed by atoms with Crippen LogP contribution >= 0.6 is 0 Å². The van der Waals surface area contributed by atoms with Gasteiger partial charge in [0.05, 0.1) is 6.10 Å². The molecule has 1 saturated heterocycles. The third kappa shape index (κ3) is 4.90. The Hall–Kier alpha value is -0.440. The van der Waals surface area contributed by atoms with Crippen molar-refractivity contribution in [2.24, 2.45) is 5.18 Å². The molecule has 0 amide bonds. The number of ether oxygens (including phenoxy) is 1. The average molecular weight is 159 g/mol. The summed E-state index contributed by atoms with van der Waals surface area (Å²) in [6, 6.07) is 0. The monoisotopic (exact) mass is 159 g/mol. The van der Waals surface area contributed by atoms with E-state index in [0.29, 0.717) is 6.54 Å². The number of hydrogen-bond donors (Lipinski definition) is 0. The predicted molar refractivity (Wildman–Crippen MR) is 45.6 cm³/mol. The van der Waals surface area contributed by atoms with E-state index < -0.39 is 0 Å². The van der Waals surface area contributed by atoms with E-state index in [1.165, 1.54) is 6.42 Å². The van der Waals surface area contributed by atoms with Crippen molar-refractivity contribution in [2.75, 3.05) is 13.2 Å². The van der Waals surface area contributed by atoms with Crippen molar-refractivity contribution in [3.05, 3.63) is 4.91 Å². The van der Waals surface area contributed by atoms with Crippen molar-refractivity contribution in [3.8, 4) is 0 Å². The number of nitrogens with zero attached hydrogens (tertiary/aromatic N) is 1. The lowest BCUT2D eigenvalue weighted by atomic mass is 10.1. The van der Waals surface area contributed by atoms with Crippen molar-refractivity contribution >= 4 is 0 Å². The maximum absolute atomic E-state index is 9.74. The average Bonchev–Trinajstić information content (AvgIpc) is 2.11. The molecule has 0 bridgehead atoms. The molecule has 1 aliphatic heterocycles. The quantitative estimate of drug-likeness (QED) is 0.580. The van der Waals surface area contributed by atoms with Gasteiger partial charge in [0.15, 0.2) is 0 Å². The molecule has 3 nitrogen and oxygen atoms in total. The molecule has 1 atom stereocenters. The summed E-state index contributed by atoms with van der Waals surface area (Å²) < 4.78 is 5.22. The van der Waals surface area contributed by atoms with Gasteiger partial charge < -0.3 is 4.74 Å². The SMILES string of the molecule is CC.O=NCC1CCCCO1. The Morgan fingerprint density at radius 2 is 2.18 bits per heavy atom. The van der Waals surface area contributed by atoms with Crippen LogP contribution < -0.4 is 0 Å². The van der Waals surface area contributed by atoms with Crippen LogP contribution in [-0.4, -0.2) is 19.3 Å². The van der Waals surface area contributed by atoms with Gasteiger partial charge in [-0.25, -0.2) is 0 Å². The number of nitroso groups, excluding NO2 is 1. The maximum Gasteiger partial charge on any atom is 0.107 e. The Labute approximate surface area is 68.1 Å².